The maximum absolute atomic E-state index is 5.55. The zero-order valence-corrected chi connectivity index (χ0v) is 9.37. The van der Waals surface area contributed by atoms with Crippen molar-refractivity contribution in [2.24, 2.45) is 4.52 Å². The highest BCUT2D eigenvalue weighted by Crippen LogP contribution is 2.70. The van der Waals surface area contributed by atoms with Crippen molar-refractivity contribution >= 4 is 62.8 Å². The zero-order chi connectivity index (χ0) is 7.71. The number of hydrogen-bond donors (Lipinski definition) is 0. The van der Waals surface area contributed by atoms with Crippen molar-refractivity contribution in [3.05, 3.63) is 0 Å². The lowest BCUT2D eigenvalue weighted by Gasteiger charge is -2.03. The molecule has 0 aliphatic heterocycles. The average molecular weight is 247 g/mol. The summed E-state index contributed by atoms with van der Waals surface area (Å²) in [5.41, 5.74) is 0. The van der Waals surface area contributed by atoms with Crippen LogP contribution in [0.4, 0.5) is 0 Å². The first-order chi connectivity index (χ1) is 3.71. The van der Waals surface area contributed by atoms with E-state index in [1.54, 1.807) is 6.66 Å². The predicted octanol–water partition coefficient (Wildman–Crippen LogP) is 4.80. The van der Waals surface area contributed by atoms with Crippen molar-refractivity contribution in [1.82, 2.24) is 0 Å². The van der Waals surface area contributed by atoms with Crippen molar-refractivity contribution in [3.63, 3.8) is 0 Å². The molecule has 0 bridgehead atoms. The van der Waals surface area contributed by atoms with Crippen LogP contribution in [0.15, 0.2) is 4.52 Å². The minimum Gasteiger partial charge on any atom is -0.221 e. The van der Waals surface area contributed by atoms with Gasteiger partial charge < -0.3 is 0 Å². The summed E-state index contributed by atoms with van der Waals surface area (Å²) in [6.07, 6.45) is 3.39. The molecule has 1 nitrogen and oxygen atoms in total. The van der Waals surface area contributed by atoms with Crippen LogP contribution >= 0.6 is 56.5 Å². The van der Waals surface area contributed by atoms with Crippen LogP contribution in [0, 0.1) is 0 Å². The molecule has 0 N–H and O–H groups in total. The van der Waals surface area contributed by atoms with Gasteiger partial charge in [-0.3, -0.25) is 0 Å². The SMILES string of the molecule is C=P(Cl)(Cl)N=P(C)(Cl)Cl. The molecule has 0 rings (SSSR count). The second-order valence-corrected chi connectivity index (χ2v) is 13.2. The molecule has 0 aliphatic rings. The Morgan fingerprint density at radius 1 is 1.22 bits per heavy atom. The lowest BCUT2D eigenvalue weighted by atomic mass is 12.0. The standard InChI is InChI=1S/C2H5Cl4NP2/c1-8(3,4)7-9(2,5)6/h1H2,2H3. The van der Waals surface area contributed by atoms with E-state index in [-0.39, 0.29) is 0 Å². The van der Waals surface area contributed by atoms with E-state index in [1.165, 1.54) is 0 Å². The van der Waals surface area contributed by atoms with Crippen molar-refractivity contribution in [1.29, 1.82) is 0 Å². The first kappa shape index (κ1) is 10.7. The molecule has 0 spiro atoms. The second kappa shape index (κ2) is 3.39. The molecule has 0 atom stereocenters. The van der Waals surface area contributed by atoms with Gasteiger partial charge in [-0.05, 0) is 6.66 Å². The van der Waals surface area contributed by atoms with Gasteiger partial charge in [-0.25, -0.2) is 4.52 Å². The second-order valence-electron chi connectivity index (χ2n) is 1.44. The molecule has 0 amide bonds. The van der Waals surface area contributed by atoms with Crippen LogP contribution in [0.2, 0.25) is 0 Å². The lowest BCUT2D eigenvalue weighted by Crippen LogP contribution is -1.50. The van der Waals surface area contributed by atoms with E-state index in [0.29, 0.717) is 0 Å². The van der Waals surface area contributed by atoms with Gasteiger partial charge in [0.05, 0.1) is 0 Å². The molecular weight excluding hydrogens is 242 g/mol. The third-order valence-corrected chi connectivity index (χ3v) is 5.03. The van der Waals surface area contributed by atoms with Crippen LogP contribution in [-0.2, 0) is 0 Å². The summed E-state index contributed by atoms with van der Waals surface area (Å²) in [6.45, 7) is 1.58. The van der Waals surface area contributed by atoms with E-state index < -0.39 is 11.5 Å². The Balaban J connectivity index is 4.53. The molecule has 0 unspecified atom stereocenters. The van der Waals surface area contributed by atoms with Crippen LogP contribution in [0.1, 0.15) is 0 Å². The third-order valence-electron chi connectivity index (χ3n) is 0.288. The Hall–Kier alpha value is 1.69. The summed E-state index contributed by atoms with van der Waals surface area (Å²) in [5.74, 6) is -4.68. The maximum atomic E-state index is 5.55. The van der Waals surface area contributed by atoms with E-state index in [9.17, 15) is 0 Å². The van der Waals surface area contributed by atoms with E-state index in [4.69, 9.17) is 45.0 Å². The Morgan fingerprint density at radius 3 is 1.56 bits per heavy atom. The third kappa shape index (κ3) is 9.69. The van der Waals surface area contributed by atoms with Gasteiger partial charge in [-0.1, -0.05) is 51.3 Å². The highest BCUT2D eigenvalue weighted by molar-refractivity contribution is 8.20. The van der Waals surface area contributed by atoms with Gasteiger partial charge in [0.2, 0.25) is 0 Å². The summed E-state index contributed by atoms with van der Waals surface area (Å²) in [4.78, 5) is 0. The molecule has 0 aromatic rings. The van der Waals surface area contributed by atoms with Crippen molar-refractivity contribution in [2.45, 2.75) is 0 Å². The Morgan fingerprint density at radius 2 is 1.56 bits per heavy atom. The monoisotopic (exact) mass is 245 g/mol. The molecule has 0 aromatic heterocycles. The normalized spacial score (nSPS) is 13.4. The molecular formula is C2H5Cl4NP2. The fourth-order valence-electron chi connectivity index (χ4n) is 0.230. The van der Waals surface area contributed by atoms with Crippen LogP contribution < -0.4 is 0 Å². The van der Waals surface area contributed by atoms with Crippen LogP contribution in [0.3, 0.4) is 0 Å². The van der Waals surface area contributed by atoms with Crippen molar-refractivity contribution in [3.8, 4) is 0 Å². The first-order valence-electron chi connectivity index (χ1n) is 1.84. The predicted molar refractivity (Wildman–Crippen MR) is 52.7 cm³/mol. The lowest BCUT2D eigenvalue weighted by molar-refractivity contribution is 2.02. The van der Waals surface area contributed by atoms with Gasteiger partial charge in [0.1, 0.15) is 5.76 Å². The topological polar surface area (TPSA) is 12.4 Å². The minimum atomic E-state index is -2.43. The average Bonchev–Trinajstić information content (AvgIpc) is 1.14. The van der Waals surface area contributed by atoms with E-state index in [0.717, 1.165) is 0 Å². The van der Waals surface area contributed by atoms with Crippen LogP contribution in [-0.4, -0.2) is 13.0 Å². The maximum Gasteiger partial charge on any atom is 0.157 e. The Labute approximate surface area is 73.9 Å². The summed E-state index contributed by atoms with van der Waals surface area (Å²) in [7, 11) is 0. The summed E-state index contributed by atoms with van der Waals surface area (Å²) in [5, 5.41) is 0. The number of nitrogens with zero attached hydrogens (tertiary/aromatic N) is 1. The van der Waals surface area contributed by atoms with E-state index in [1.807, 2.05) is 0 Å². The summed E-state index contributed by atoms with van der Waals surface area (Å²) in [6, 6.07) is 0. The van der Waals surface area contributed by atoms with Crippen LogP contribution in [0.25, 0.3) is 0 Å². The highest BCUT2D eigenvalue weighted by atomic mass is 35.9. The van der Waals surface area contributed by atoms with Gasteiger partial charge >= 0.3 is 0 Å². The first-order valence-corrected chi connectivity index (χ1v) is 9.58. The highest BCUT2D eigenvalue weighted by Gasteiger charge is 2.08. The molecule has 9 heavy (non-hydrogen) atoms. The van der Waals surface area contributed by atoms with Crippen LogP contribution in [0.5, 0.6) is 0 Å². The number of halogens is 4. The Kier molecular flexibility index (Phi) is 4.03. The Bertz CT molecular complexity index is 178. The van der Waals surface area contributed by atoms with Gasteiger partial charge in [0.25, 0.3) is 0 Å². The number of rotatable bonds is 1. The minimum absolute atomic E-state index is 1.58. The summed E-state index contributed by atoms with van der Waals surface area (Å²) >= 11 is 22.0. The van der Waals surface area contributed by atoms with Gasteiger partial charge in [-0.2, -0.15) is 0 Å². The molecule has 0 fully saturated rings. The van der Waals surface area contributed by atoms with Crippen molar-refractivity contribution in [2.75, 3.05) is 6.66 Å². The molecule has 0 saturated heterocycles. The van der Waals surface area contributed by atoms with E-state index in [2.05, 4.69) is 10.8 Å². The molecule has 0 heterocycles. The zero-order valence-electron chi connectivity index (χ0n) is 4.56. The van der Waals surface area contributed by atoms with Gasteiger partial charge in [0.15, 0.2) is 5.74 Å². The molecule has 0 aliphatic carbocycles. The molecule has 0 saturated carbocycles. The molecule has 7 heteroatoms. The number of hydrogen-bond acceptors (Lipinski definition) is 1. The van der Waals surface area contributed by atoms with Gasteiger partial charge in [-0.15, -0.1) is 0 Å². The largest absolute Gasteiger partial charge is 0.221 e. The quantitative estimate of drug-likeness (QED) is 0.590. The smallest absolute Gasteiger partial charge is 0.157 e. The van der Waals surface area contributed by atoms with Gasteiger partial charge in [0, 0.05) is 0 Å². The van der Waals surface area contributed by atoms with E-state index >= 15 is 0 Å². The fraction of sp³-hybridized carbons (Fsp3) is 0.500. The molecule has 0 aromatic carbocycles. The molecule has 0 radical (unpaired) electrons. The molecule has 56 valence electrons. The summed E-state index contributed by atoms with van der Waals surface area (Å²) < 4.78 is 3.71. The fourth-order valence-corrected chi connectivity index (χ4v) is 7.83. The van der Waals surface area contributed by atoms with Crippen molar-refractivity contribution < 1.29 is 0 Å².